The predicted octanol–water partition coefficient (Wildman–Crippen LogP) is 4.32. The second kappa shape index (κ2) is 9.29. The molecule has 0 heterocycles. The molecule has 0 aliphatic rings. The number of hydrogen-bond acceptors (Lipinski definition) is 4. The molecule has 2 N–H and O–H groups in total. The van der Waals surface area contributed by atoms with Crippen molar-refractivity contribution in [2.75, 3.05) is 24.3 Å². The molecule has 3 aromatic rings. The van der Waals surface area contributed by atoms with Crippen LogP contribution in [0.3, 0.4) is 0 Å². The highest BCUT2D eigenvalue weighted by Gasteiger charge is 2.04. The highest BCUT2D eigenvalue weighted by molar-refractivity contribution is 5.93. The predicted molar refractivity (Wildman–Crippen MR) is 107 cm³/mol. The van der Waals surface area contributed by atoms with Crippen molar-refractivity contribution in [1.82, 2.24) is 0 Å². The Bertz CT molecular complexity index is 864. The number of hydrogen-bond donors (Lipinski definition) is 2. The van der Waals surface area contributed by atoms with E-state index in [2.05, 4.69) is 10.6 Å². The van der Waals surface area contributed by atoms with E-state index in [4.69, 9.17) is 9.47 Å². The first-order chi connectivity index (χ1) is 13.2. The number of carbonyl (C=O) groups is 1. The summed E-state index contributed by atoms with van der Waals surface area (Å²) in [5, 5.41) is 5.95. The van der Waals surface area contributed by atoms with Gasteiger partial charge in [0.2, 0.25) is 5.91 Å². The summed E-state index contributed by atoms with van der Waals surface area (Å²) in [5.41, 5.74) is 2.66. The third-order valence-electron chi connectivity index (χ3n) is 3.91. The van der Waals surface area contributed by atoms with Crippen LogP contribution in [-0.2, 0) is 11.4 Å². The van der Waals surface area contributed by atoms with Crippen LogP contribution in [0.25, 0.3) is 0 Å². The van der Waals surface area contributed by atoms with Crippen LogP contribution in [0.15, 0.2) is 78.9 Å². The van der Waals surface area contributed by atoms with Gasteiger partial charge in [0.1, 0.15) is 18.1 Å². The van der Waals surface area contributed by atoms with Crippen LogP contribution in [-0.4, -0.2) is 19.6 Å². The van der Waals surface area contributed by atoms with Gasteiger partial charge in [-0.1, -0.05) is 36.4 Å². The topological polar surface area (TPSA) is 59.6 Å². The highest BCUT2D eigenvalue weighted by Crippen LogP contribution is 2.19. The minimum atomic E-state index is -0.129. The van der Waals surface area contributed by atoms with Gasteiger partial charge in [0, 0.05) is 17.4 Å². The molecule has 0 saturated carbocycles. The molecule has 27 heavy (non-hydrogen) atoms. The summed E-state index contributed by atoms with van der Waals surface area (Å²) in [6.07, 6.45) is 0. The van der Waals surface area contributed by atoms with Gasteiger partial charge in [0.25, 0.3) is 0 Å². The maximum absolute atomic E-state index is 12.1. The summed E-state index contributed by atoms with van der Waals surface area (Å²) in [4.78, 5) is 12.1. The molecular formula is C22H22N2O3. The zero-order valence-corrected chi connectivity index (χ0v) is 15.1. The zero-order chi connectivity index (χ0) is 18.9. The van der Waals surface area contributed by atoms with Crippen LogP contribution in [0.1, 0.15) is 5.56 Å². The normalized spacial score (nSPS) is 10.1. The smallest absolute Gasteiger partial charge is 0.243 e. The van der Waals surface area contributed by atoms with Gasteiger partial charge < -0.3 is 20.1 Å². The Hall–Kier alpha value is -3.47. The van der Waals surface area contributed by atoms with Crippen LogP contribution >= 0.6 is 0 Å². The molecule has 138 valence electrons. The van der Waals surface area contributed by atoms with E-state index in [1.165, 1.54) is 0 Å². The Labute approximate surface area is 158 Å². The zero-order valence-electron chi connectivity index (χ0n) is 15.1. The molecular weight excluding hydrogens is 340 g/mol. The molecule has 0 radical (unpaired) electrons. The second-order valence-electron chi connectivity index (χ2n) is 5.93. The number of anilines is 2. The van der Waals surface area contributed by atoms with Crippen LogP contribution < -0.4 is 20.1 Å². The molecule has 3 aromatic carbocycles. The molecule has 5 nitrogen and oxygen atoms in total. The molecule has 5 heteroatoms. The van der Waals surface area contributed by atoms with Gasteiger partial charge in [-0.2, -0.15) is 0 Å². The molecule has 0 aliphatic carbocycles. The number of carbonyl (C=O) groups excluding carboxylic acids is 1. The van der Waals surface area contributed by atoms with E-state index in [1.807, 2.05) is 54.6 Å². The molecule has 0 unspecified atom stereocenters. The number of rotatable bonds is 8. The maximum atomic E-state index is 12.1. The van der Waals surface area contributed by atoms with Gasteiger partial charge >= 0.3 is 0 Å². The largest absolute Gasteiger partial charge is 0.497 e. The Balaban J connectivity index is 1.49. The first-order valence-corrected chi connectivity index (χ1v) is 8.67. The van der Waals surface area contributed by atoms with Crippen LogP contribution in [0, 0.1) is 0 Å². The molecule has 0 saturated heterocycles. The number of amides is 1. The van der Waals surface area contributed by atoms with E-state index in [0.717, 1.165) is 28.4 Å². The van der Waals surface area contributed by atoms with Gasteiger partial charge in [-0.15, -0.1) is 0 Å². The van der Waals surface area contributed by atoms with E-state index in [1.54, 1.807) is 31.4 Å². The van der Waals surface area contributed by atoms with Gasteiger partial charge in [-0.25, -0.2) is 0 Å². The Morgan fingerprint density at radius 1 is 0.852 bits per heavy atom. The van der Waals surface area contributed by atoms with Gasteiger partial charge in [-0.05, 0) is 42.0 Å². The standard InChI is InChI=1S/C22H22N2O3/c1-26-20-12-10-18(11-13-20)24-22(25)15-23-19-8-5-9-21(14-19)27-16-17-6-3-2-4-7-17/h2-14,23H,15-16H2,1H3,(H,24,25). The van der Waals surface area contributed by atoms with E-state index >= 15 is 0 Å². The number of nitrogens with one attached hydrogen (secondary N) is 2. The van der Waals surface area contributed by atoms with Crippen LogP contribution in [0.5, 0.6) is 11.5 Å². The summed E-state index contributed by atoms with van der Waals surface area (Å²) < 4.78 is 10.9. The van der Waals surface area contributed by atoms with Gasteiger partial charge in [0.05, 0.1) is 13.7 Å². The van der Waals surface area contributed by atoms with E-state index in [9.17, 15) is 4.79 Å². The molecule has 1 amide bonds. The fourth-order valence-corrected chi connectivity index (χ4v) is 2.50. The third kappa shape index (κ3) is 5.78. The van der Waals surface area contributed by atoms with Crippen molar-refractivity contribution in [3.63, 3.8) is 0 Å². The quantitative estimate of drug-likeness (QED) is 0.626. The Morgan fingerprint density at radius 2 is 1.63 bits per heavy atom. The number of methoxy groups -OCH3 is 1. The van der Waals surface area contributed by atoms with Crippen LogP contribution in [0.2, 0.25) is 0 Å². The summed E-state index contributed by atoms with van der Waals surface area (Å²) in [6, 6.07) is 24.8. The second-order valence-corrected chi connectivity index (χ2v) is 5.93. The average Bonchev–Trinajstić information content (AvgIpc) is 2.72. The van der Waals surface area contributed by atoms with Crippen molar-refractivity contribution in [3.05, 3.63) is 84.4 Å². The summed E-state index contributed by atoms with van der Waals surface area (Å²) in [6.45, 7) is 0.663. The third-order valence-corrected chi connectivity index (χ3v) is 3.91. The van der Waals surface area contributed by atoms with Crippen molar-refractivity contribution in [3.8, 4) is 11.5 Å². The van der Waals surface area contributed by atoms with Gasteiger partial charge in [-0.3, -0.25) is 4.79 Å². The average molecular weight is 362 g/mol. The lowest BCUT2D eigenvalue weighted by Crippen LogP contribution is -2.21. The fourth-order valence-electron chi connectivity index (χ4n) is 2.50. The van der Waals surface area contributed by atoms with E-state index < -0.39 is 0 Å². The lowest BCUT2D eigenvalue weighted by atomic mass is 10.2. The lowest BCUT2D eigenvalue weighted by Gasteiger charge is -2.11. The maximum Gasteiger partial charge on any atom is 0.243 e. The highest BCUT2D eigenvalue weighted by atomic mass is 16.5. The minimum absolute atomic E-state index is 0.129. The lowest BCUT2D eigenvalue weighted by molar-refractivity contribution is -0.114. The molecule has 3 rings (SSSR count). The van der Waals surface area contributed by atoms with Crippen molar-refractivity contribution in [2.24, 2.45) is 0 Å². The Kier molecular flexibility index (Phi) is 6.30. The Morgan fingerprint density at radius 3 is 2.37 bits per heavy atom. The summed E-state index contributed by atoms with van der Waals surface area (Å²) >= 11 is 0. The monoisotopic (exact) mass is 362 g/mol. The van der Waals surface area contributed by atoms with E-state index in [0.29, 0.717) is 6.61 Å². The number of benzene rings is 3. The van der Waals surface area contributed by atoms with Crippen molar-refractivity contribution >= 4 is 17.3 Å². The molecule has 0 aromatic heterocycles. The van der Waals surface area contributed by atoms with Crippen LogP contribution in [0.4, 0.5) is 11.4 Å². The first kappa shape index (κ1) is 18.3. The molecule has 0 atom stereocenters. The number of ether oxygens (including phenoxy) is 2. The summed E-state index contributed by atoms with van der Waals surface area (Å²) in [7, 11) is 1.61. The van der Waals surface area contributed by atoms with E-state index in [-0.39, 0.29) is 12.5 Å². The van der Waals surface area contributed by atoms with Crippen molar-refractivity contribution < 1.29 is 14.3 Å². The van der Waals surface area contributed by atoms with Crippen molar-refractivity contribution in [2.45, 2.75) is 6.61 Å². The fraction of sp³-hybridized carbons (Fsp3) is 0.136. The molecule has 0 spiro atoms. The first-order valence-electron chi connectivity index (χ1n) is 8.67. The molecule has 0 bridgehead atoms. The molecule has 0 aliphatic heterocycles. The molecule has 0 fully saturated rings. The summed E-state index contributed by atoms with van der Waals surface area (Å²) in [5.74, 6) is 1.37. The van der Waals surface area contributed by atoms with Gasteiger partial charge in [0.15, 0.2) is 0 Å². The van der Waals surface area contributed by atoms with Crippen molar-refractivity contribution in [1.29, 1.82) is 0 Å². The minimum Gasteiger partial charge on any atom is -0.497 e. The SMILES string of the molecule is COc1ccc(NC(=O)CNc2cccc(OCc3ccccc3)c2)cc1.